The number of thioether (sulfide) groups is 2. The zero-order valence-electron chi connectivity index (χ0n) is 13.3. The largest absolute Gasteiger partial charge is 0.361 e. The Bertz CT molecular complexity index is 609. The van der Waals surface area contributed by atoms with E-state index in [0.717, 1.165) is 28.3 Å². The van der Waals surface area contributed by atoms with Gasteiger partial charge in [-0.25, -0.2) is 4.98 Å². The summed E-state index contributed by atoms with van der Waals surface area (Å²) in [6, 6.07) is 3.49. The minimum atomic E-state index is 0.556. The Kier molecular flexibility index (Phi) is 9.01. The summed E-state index contributed by atoms with van der Waals surface area (Å²) in [5, 5.41) is 5.10. The fourth-order valence-electron chi connectivity index (χ4n) is 1.56. The van der Waals surface area contributed by atoms with E-state index in [2.05, 4.69) is 40.6 Å². The van der Waals surface area contributed by atoms with Crippen LogP contribution in [-0.2, 0) is 0 Å². The molecule has 0 bridgehead atoms. The Labute approximate surface area is 145 Å². The van der Waals surface area contributed by atoms with E-state index in [1.165, 1.54) is 6.20 Å². The number of nitrogens with one attached hydrogen (secondary N) is 1. The van der Waals surface area contributed by atoms with Crippen molar-refractivity contribution in [2.45, 2.75) is 13.8 Å². The predicted molar refractivity (Wildman–Crippen MR) is 104 cm³/mol. The minimum Gasteiger partial charge on any atom is -0.361 e. The molecular weight excluding hydrogens is 328 g/mol. The maximum Gasteiger partial charge on any atom is 0.151 e. The van der Waals surface area contributed by atoms with Gasteiger partial charge in [0, 0.05) is 11.8 Å². The quantitative estimate of drug-likeness (QED) is 0.225. The number of allylic oxidation sites excluding steroid dienone is 1. The normalized spacial score (nSPS) is 12.3. The molecule has 122 valence electrons. The fraction of sp³-hybridized carbons (Fsp3) is 0.250. The van der Waals surface area contributed by atoms with Gasteiger partial charge in [-0.2, -0.15) is 0 Å². The highest BCUT2D eigenvalue weighted by Crippen LogP contribution is 2.30. The van der Waals surface area contributed by atoms with Gasteiger partial charge in [0.2, 0.25) is 0 Å². The number of carbonyl (C=O) groups excluding carboxylic acids is 1. The Morgan fingerprint density at radius 1 is 1.39 bits per heavy atom. The molecule has 7 heteroatoms. The van der Waals surface area contributed by atoms with Gasteiger partial charge in [-0.15, -0.1) is 23.5 Å². The lowest BCUT2D eigenvalue weighted by Crippen LogP contribution is -1.99. The average Bonchev–Trinajstić information content (AvgIpc) is 2.60. The molecule has 0 saturated carbocycles. The molecule has 1 N–H and O–H groups in total. The molecule has 0 radical (unpaired) electrons. The van der Waals surface area contributed by atoms with Crippen LogP contribution in [0, 0.1) is 0 Å². The molecule has 0 unspecified atom stereocenters. The molecule has 1 heterocycles. The summed E-state index contributed by atoms with van der Waals surface area (Å²) in [5.74, 6) is 2.26. The second-order valence-corrected chi connectivity index (χ2v) is 6.38. The van der Waals surface area contributed by atoms with Crippen molar-refractivity contribution in [3.05, 3.63) is 45.6 Å². The molecule has 0 amide bonds. The molecule has 1 rings (SSSR count). The van der Waals surface area contributed by atoms with E-state index < -0.39 is 0 Å². The second kappa shape index (κ2) is 10.8. The number of aromatic nitrogens is 1. The monoisotopic (exact) mass is 348 g/mol. The molecule has 0 aliphatic rings. The van der Waals surface area contributed by atoms with Crippen molar-refractivity contribution in [3.63, 3.8) is 0 Å². The number of pyridine rings is 1. The van der Waals surface area contributed by atoms with Crippen LogP contribution in [0.2, 0.25) is 0 Å². The topological polar surface area (TPSA) is 66.7 Å². The molecule has 1 aromatic heterocycles. The van der Waals surface area contributed by atoms with Crippen molar-refractivity contribution in [2.24, 2.45) is 9.98 Å². The predicted octanol–water partition coefficient (Wildman–Crippen LogP) is 4.22. The summed E-state index contributed by atoms with van der Waals surface area (Å²) in [7, 11) is 0. The van der Waals surface area contributed by atoms with E-state index in [1.54, 1.807) is 35.7 Å². The van der Waals surface area contributed by atoms with Crippen molar-refractivity contribution in [1.29, 1.82) is 0 Å². The van der Waals surface area contributed by atoms with Crippen LogP contribution in [0.4, 0.5) is 5.82 Å². The van der Waals surface area contributed by atoms with Gasteiger partial charge in [0.25, 0.3) is 0 Å². The standard InChI is InChI=1S/C16H20N4OS2/c1-5-23-16(12(2)17-3)14(18-4)10-22-11-20-15-7-6-13(9-21)8-19-15/h6-10H,3-5,11H2,1-2H3,(H,19,20)/b14-10-,16-12-. The first-order valence-electron chi connectivity index (χ1n) is 6.90. The fourth-order valence-corrected chi connectivity index (χ4v) is 3.13. The van der Waals surface area contributed by atoms with Crippen LogP contribution in [0.25, 0.3) is 0 Å². The number of aldehydes is 1. The number of aliphatic imine (C=N–C) groups is 2. The van der Waals surface area contributed by atoms with Gasteiger partial charge in [-0.3, -0.25) is 14.8 Å². The van der Waals surface area contributed by atoms with E-state index in [9.17, 15) is 4.79 Å². The van der Waals surface area contributed by atoms with Crippen molar-refractivity contribution < 1.29 is 4.79 Å². The third kappa shape index (κ3) is 6.42. The number of carbonyl (C=O) groups is 1. The van der Waals surface area contributed by atoms with E-state index >= 15 is 0 Å². The van der Waals surface area contributed by atoms with Crippen molar-refractivity contribution in [1.82, 2.24) is 4.98 Å². The Balaban J connectivity index is 2.67. The van der Waals surface area contributed by atoms with Crippen molar-refractivity contribution in [3.8, 4) is 0 Å². The molecule has 0 aliphatic heterocycles. The van der Waals surface area contributed by atoms with Gasteiger partial charge >= 0.3 is 0 Å². The van der Waals surface area contributed by atoms with Gasteiger partial charge in [0.15, 0.2) is 6.29 Å². The zero-order valence-corrected chi connectivity index (χ0v) is 14.9. The third-order valence-corrected chi connectivity index (χ3v) is 4.49. The Hall–Kier alpha value is -1.86. The highest BCUT2D eigenvalue weighted by Gasteiger charge is 2.07. The molecule has 0 atom stereocenters. The molecule has 0 aliphatic carbocycles. The zero-order chi connectivity index (χ0) is 17.1. The number of rotatable bonds is 10. The van der Waals surface area contributed by atoms with Gasteiger partial charge in [-0.05, 0) is 43.7 Å². The van der Waals surface area contributed by atoms with Crippen LogP contribution in [0.1, 0.15) is 24.2 Å². The highest BCUT2D eigenvalue weighted by atomic mass is 32.2. The van der Waals surface area contributed by atoms with Crippen LogP contribution >= 0.6 is 23.5 Å². The van der Waals surface area contributed by atoms with E-state index in [0.29, 0.717) is 17.3 Å². The molecular formula is C16H20N4OS2. The smallest absolute Gasteiger partial charge is 0.151 e. The van der Waals surface area contributed by atoms with Gasteiger partial charge in [0.1, 0.15) is 5.82 Å². The number of hydrogen-bond donors (Lipinski definition) is 1. The lowest BCUT2D eigenvalue weighted by molar-refractivity contribution is 0.112. The molecule has 5 nitrogen and oxygen atoms in total. The van der Waals surface area contributed by atoms with Gasteiger partial charge in [-0.1, -0.05) is 6.92 Å². The Morgan fingerprint density at radius 2 is 2.17 bits per heavy atom. The molecule has 0 aromatic carbocycles. The first-order valence-corrected chi connectivity index (χ1v) is 8.94. The lowest BCUT2D eigenvalue weighted by atomic mass is 10.3. The number of hydrogen-bond acceptors (Lipinski definition) is 7. The summed E-state index contributed by atoms with van der Waals surface area (Å²) < 4.78 is 0. The van der Waals surface area contributed by atoms with Crippen LogP contribution in [0.15, 0.2) is 50.0 Å². The summed E-state index contributed by atoms with van der Waals surface area (Å²) in [4.78, 5) is 23.8. The average molecular weight is 348 g/mol. The van der Waals surface area contributed by atoms with Gasteiger partial charge in [0.05, 0.1) is 22.2 Å². The summed E-state index contributed by atoms with van der Waals surface area (Å²) in [5.41, 5.74) is 2.19. The number of nitrogens with zero attached hydrogens (tertiary/aromatic N) is 3. The third-order valence-electron chi connectivity index (χ3n) is 2.71. The maximum absolute atomic E-state index is 10.6. The van der Waals surface area contributed by atoms with Crippen LogP contribution in [0.3, 0.4) is 0 Å². The van der Waals surface area contributed by atoms with Crippen molar-refractivity contribution in [2.75, 3.05) is 16.9 Å². The first kappa shape index (κ1) is 19.2. The second-order valence-electron chi connectivity index (χ2n) is 4.25. The molecule has 0 fully saturated rings. The summed E-state index contributed by atoms with van der Waals surface area (Å²) >= 11 is 3.21. The number of anilines is 1. The SMILES string of the molecule is C=NC(=C\SCNc1ccc(C=O)cn1)/C(SCC)=C(\C)N=C. The van der Waals surface area contributed by atoms with Crippen LogP contribution in [-0.4, -0.2) is 36.3 Å². The molecule has 0 spiro atoms. The van der Waals surface area contributed by atoms with Gasteiger partial charge < -0.3 is 5.32 Å². The first-order chi connectivity index (χ1) is 11.2. The highest BCUT2D eigenvalue weighted by molar-refractivity contribution is 8.03. The van der Waals surface area contributed by atoms with E-state index in [-0.39, 0.29) is 0 Å². The minimum absolute atomic E-state index is 0.556. The molecule has 0 saturated heterocycles. The lowest BCUT2D eigenvalue weighted by Gasteiger charge is -2.09. The summed E-state index contributed by atoms with van der Waals surface area (Å²) in [6.07, 6.45) is 2.30. The summed E-state index contributed by atoms with van der Waals surface area (Å²) in [6.45, 7) is 11.2. The van der Waals surface area contributed by atoms with Crippen molar-refractivity contribution >= 4 is 49.1 Å². The Morgan fingerprint density at radius 3 is 2.70 bits per heavy atom. The van der Waals surface area contributed by atoms with Crippen LogP contribution in [0.5, 0.6) is 0 Å². The van der Waals surface area contributed by atoms with E-state index in [4.69, 9.17) is 0 Å². The maximum atomic E-state index is 10.6. The molecule has 23 heavy (non-hydrogen) atoms. The molecule has 1 aromatic rings. The van der Waals surface area contributed by atoms with E-state index in [1.807, 2.05) is 12.3 Å². The van der Waals surface area contributed by atoms with Crippen LogP contribution < -0.4 is 5.32 Å².